The van der Waals surface area contributed by atoms with Crippen molar-refractivity contribution in [2.24, 2.45) is 0 Å². The molecule has 8 heteroatoms. The van der Waals surface area contributed by atoms with Crippen molar-refractivity contribution >= 4 is 46.4 Å². The maximum absolute atomic E-state index is 8.53. The predicted molar refractivity (Wildman–Crippen MR) is 66.0 cm³/mol. The van der Waals surface area contributed by atoms with Gasteiger partial charge >= 0.3 is 0 Å². The molecule has 0 amide bonds. The van der Waals surface area contributed by atoms with E-state index in [1.54, 1.807) is 6.92 Å². The van der Waals surface area contributed by atoms with E-state index in [1.165, 1.54) is 13.4 Å². The van der Waals surface area contributed by atoms with Crippen molar-refractivity contribution in [3.8, 4) is 17.9 Å². The van der Waals surface area contributed by atoms with Gasteiger partial charge < -0.3 is 9.47 Å². The highest BCUT2D eigenvalue weighted by Gasteiger charge is 2.31. The summed E-state index contributed by atoms with van der Waals surface area (Å²) >= 11 is 23.2. The van der Waals surface area contributed by atoms with Crippen LogP contribution in [0.25, 0.3) is 0 Å². The average molecular weight is 316 g/mol. The molecule has 0 unspecified atom stereocenters. The van der Waals surface area contributed by atoms with Gasteiger partial charge in [0.15, 0.2) is 5.75 Å². The van der Waals surface area contributed by atoms with Gasteiger partial charge in [-0.1, -0.05) is 46.4 Å². The van der Waals surface area contributed by atoms with Crippen molar-refractivity contribution in [2.45, 2.75) is 10.7 Å². The summed E-state index contributed by atoms with van der Waals surface area (Å²) in [6, 6.07) is 0. The average Bonchev–Trinajstić information content (AvgIpc) is 2.22. The summed E-state index contributed by atoms with van der Waals surface area (Å²) in [5.41, 5.74) is 0.450. The van der Waals surface area contributed by atoms with E-state index in [-0.39, 0.29) is 22.3 Å². The molecule has 1 heterocycles. The van der Waals surface area contributed by atoms with Crippen molar-refractivity contribution in [3.05, 3.63) is 16.3 Å². The van der Waals surface area contributed by atoms with Crippen molar-refractivity contribution < 1.29 is 9.47 Å². The first-order valence-electron chi connectivity index (χ1n) is 4.20. The van der Waals surface area contributed by atoms with Crippen molar-refractivity contribution in [3.63, 3.8) is 0 Å². The van der Waals surface area contributed by atoms with Crippen LogP contribution in [0.2, 0.25) is 5.02 Å². The van der Waals surface area contributed by atoms with Crippen LogP contribution in [-0.4, -0.2) is 12.1 Å². The van der Waals surface area contributed by atoms with Gasteiger partial charge in [-0.25, -0.2) is 4.98 Å². The zero-order valence-corrected chi connectivity index (χ0v) is 11.7. The second-order valence-corrected chi connectivity index (χ2v) is 5.59. The van der Waals surface area contributed by atoms with Crippen LogP contribution < -0.4 is 9.47 Å². The molecule has 0 fully saturated rings. The molecule has 0 aliphatic heterocycles. The zero-order chi connectivity index (χ0) is 13.2. The van der Waals surface area contributed by atoms with Crippen LogP contribution in [0.1, 0.15) is 11.3 Å². The minimum absolute atomic E-state index is 0.0174. The van der Waals surface area contributed by atoms with Crippen LogP contribution in [0.3, 0.4) is 0 Å². The van der Waals surface area contributed by atoms with E-state index in [1.807, 2.05) is 0 Å². The molecule has 1 aromatic rings. The molecule has 1 aromatic heterocycles. The number of halogens is 4. The molecule has 0 radical (unpaired) electrons. The van der Waals surface area contributed by atoms with E-state index in [0.717, 1.165) is 0 Å². The third-order valence-corrected chi connectivity index (χ3v) is 2.78. The first-order valence-corrected chi connectivity index (χ1v) is 5.71. The maximum atomic E-state index is 8.53. The lowest BCUT2D eigenvalue weighted by Gasteiger charge is -2.17. The monoisotopic (exact) mass is 314 g/mol. The largest absolute Gasteiger partial charge is 0.480 e. The predicted octanol–water partition coefficient (Wildman–Crippen LogP) is 3.74. The highest BCUT2D eigenvalue weighted by Crippen LogP contribution is 2.45. The highest BCUT2D eigenvalue weighted by molar-refractivity contribution is 6.66. The number of pyridine rings is 1. The van der Waals surface area contributed by atoms with Gasteiger partial charge in [-0.2, -0.15) is 0 Å². The number of methoxy groups -OCH3 is 1. The number of nitrogens with zero attached hydrogens (tertiary/aromatic N) is 2. The molecule has 17 heavy (non-hydrogen) atoms. The van der Waals surface area contributed by atoms with E-state index in [4.69, 9.17) is 61.1 Å². The third kappa shape index (κ3) is 2.99. The summed E-state index contributed by atoms with van der Waals surface area (Å²) in [5.74, 6) is 0.0752. The van der Waals surface area contributed by atoms with E-state index < -0.39 is 3.79 Å². The molecule has 4 nitrogen and oxygen atoms in total. The molecular weight excluding hydrogens is 310 g/mol. The van der Waals surface area contributed by atoms with Crippen LogP contribution in [0.15, 0.2) is 0 Å². The lowest BCUT2D eigenvalue weighted by Crippen LogP contribution is -2.09. The summed E-state index contributed by atoms with van der Waals surface area (Å²) in [5, 5.41) is 8.58. The molecule has 0 aliphatic carbocycles. The summed E-state index contributed by atoms with van der Waals surface area (Å²) < 4.78 is 7.87. The highest BCUT2D eigenvalue weighted by atomic mass is 35.6. The smallest absolute Gasteiger partial charge is 0.292 e. The van der Waals surface area contributed by atoms with Gasteiger partial charge in [-0.3, -0.25) is 0 Å². The van der Waals surface area contributed by atoms with E-state index in [0.29, 0.717) is 5.56 Å². The van der Waals surface area contributed by atoms with Gasteiger partial charge in [0.1, 0.15) is 10.7 Å². The Balaban J connectivity index is 3.55. The number of hydrogen-bond acceptors (Lipinski definition) is 4. The van der Waals surface area contributed by atoms with Crippen LogP contribution in [0.5, 0.6) is 11.6 Å². The van der Waals surface area contributed by atoms with Crippen molar-refractivity contribution in [1.82, 2.24) is 4.98 Å². The van der Waals surface area contributed by atoms with Gasteiger partial charge in [0.2, 0.25) is 9.67 Å². The molecule has 0 bridgehead atoms. The van der Waals surface area contributed by atoms with Gasteiger partial charge in [0, 0.05) is 5.56 Å². The molecule has 1 rings (SSSR count). The third-order valence-electron chi connectivity index (χ3n) is 1.91. The Bertz CT molecular complexity index is 479. The fourth-order valence-electron chi connectivity index (χ4n) is 1.18. The number of alkyl halides is 3. The SMILES string of the molecule is COc1nc(C(Cl)(Cl)Cl)c(C)c(OC#N)c1Cl. The number of rotatable bonds is 2. The Kier molecular flexibility index (Phi) is 4.56. The number of nitriles is 1. The topological polar surface area (TPSA) is 55.1 Å². The van der Waals surface area contributed by atoms with E-state index >= 15 is 0 Å². The van der Waals surface area contributed by atoms with Crippen LogP contribution in [-0.2, 0) is 3.79 Å². The van der Waals surface area contributed by atoms with E-state index in [2.05, 4.69) is 4.98 Å². The summed E-state index contributed by atoms with van der Waals surface area (Å²) in [4.78, 5) is 3.97. The second-order valence-electron chi connectivity index (χ2n) is 2.93. The Morgan fingerprint density at radius 3 is 2.35 bits per heavy atom. The van der Waals surface area contributed by atoms with Crippen molar-refractivity contribution in [1.29, 1.82) is 5.26 Å². The molecule has 0 spiro atoms. The van der Waals surface area contributed by atoms with Crippen LogP contribution >= 0.6 is 46.4 Å². The van der Waals surface area contributed by atoms with Crippen LogP contribution in [0.4, 0.5) is 0 Å². The molecule has 0 atom stereocenters. The quantitative estimate of drug-likeness (QED) is 0.616. The summed E-state index contributed by atoms with van der Waals surface area (Å²) in [6.07, 6.45) is 1.50. The normalized spacial score (nSPS) is 10.9. The minimum atomic E-state index is -1.77. The molecular formula is C9H6Cl4N2O2. The molecule has 92 valence electrons. The van der Waals surface area contributed by atoms with Gasteiger partial charge in [-0.15, -0.1) is 5.26 Å². The van der Waals surface area contributed by atoms with Gasteiger partial charge in [0.05, 0.1) is 7.11 Å². The number of hydrogen-bond donors (Lipinski definition) is 0. The lowest BCUT2D eigenvalue weighted by atomic mass is 10.2. The van der Waals surface area contributed by atoms with Gasteiger partial charge in [0.25, 0.3) is 6.26 Å². The molecule has 0 aliphatic rings. The Hall–Kier alpha value is -0.600. The van der Waals surface area contributed by atoms with Gasteiger partial charge in [-0.05, 0) is 6.92 Å². The molecule has 0 aromatic carbocycles. The van der Waals surface area contributed by atoms with Crippen LogP contribution in [0, 0.1) is 18.4 Å². The fourth-order valence-corrected chi connectivity index (χ4v) is 2.03. The number of ether oxygens (including phenoxy) is 2. The lowest BCUT2D eigenvalue weighted by molar-refractivity contribution is 0.391. The molecule has 0 N–H and O–H groups in total. The second kappa shape index (κ2) is 5.36. The summed E-state index contributed by atoms with van der Waals surface area (Å²) in [7, 11) is 1.35. The van der Waals surface area contributed by atoms with Crippen molar-refractivity contribution in [2.75, 3.05) is 7.11 Å². The zero-order valence-electron chi connectivity index (χ0n) is 8.72. The number of aromatic nitrogens is 1. The Labute approximate surface area is 118 Å². The van der Waals surface area contributed by atoms with E-state index in [9.17, 15) is 0 Å². The first kappa shape index (κ1) is 14.5. The summed E-state index contributed by atoms with van der Waals surface area (Å²) in [6.45, 7) is 1.57. The molecule has 0 saturated carbocycles. The first-order chi connectivity index (χ1) is 7.82. The standard InChI is InChI=1S/C9H6Cl4N2O2/c1-4-6(17-3-14)5(10)8(16-2)15-7(4)9(11,12)13/h1-2H3. The maximum Gasteiger partial charge on any atom is 0.292 e. The fraction of sp³-hybridized carbons (Fsp3) is 0.333. The minimum Gasteiger partial charge on any atom is -0.480 e. The molecule has 0 saturated heterocycles. The Morgan fingerprint density at radius 1 is 1.35 bits per heavy atom. The Morgan fingerprint density at radius 2 is 1.94 bits per heavy atom.